The molecule has 0 aromatic carbocycles. The van der Waals surface area contributed by atoms with Gasteiger partial charge in [-0.05, 0) is 19.8 Å². The van der Waals surface area contributed by atoms with Gasteiger partial charge in [-0.25, -0.2) is 4.98 Å². The van der Waals surface area contributed by atoms with Crippen LogP contribution in [0.25, 0.3) is 0 Å². The van der Waals surface area contributed by atoms with E-state index in [2.05, 4.69) is 25.0 Å². The molecular weight excluding hydrogens is 230 g/mol. The van der Waals surface area contributed by atoms with Crippen molar-refractivity contribution in [3.63, 3.8) is 0 Å². The predicted molar refractivity (Wildman–Crippen MR) is 65.3 cm³/mol. The minimum atomic E-state index is 0.293. The van der Waals surface area contributed by atoms with Crippen molar-refractivity contribution < 1.29 is 4.52 Å². The van der Waals surface area contributed by atoms with Gasteiger partial charge >= 0.3 is 0 Å². The third-order valence-corrected chi connectivity index (χ3v) is 3.19. The third kappa shape index (κ3) is 2.18. The zero-order valence-corrected chi connectivity index (χ0v) is 10.3. The minimum absolute atomic E-state index is 0.293. The van der Waals surface area contributed by atoms with Gasteiger partial charge in [0.1, 0.15) is 5.82 Å². The van der Waals surface area contributed by atoms with Gasteiger partial charge in [-0.15, -0.1) is 0 Å². The molecule has 3 heterocycles. The molecule has 0 amide bonds. The second kappa shape index (κ2) is 4.72. The first-order valence-electron chi connectivity index (χ1n) is 6.14. The average molecular weight is 245 g/mol. The highest BCUT2D eigenvalue weighted by molar-refractivity contribution is 5.36. The summed E-state index contributed by atoms with van der Waals surface area (Å²) in [5.41, 5.74) is 0. The van der Waals surface area contributed by atoms with Crippen molar-refractivity contribution in [3.05, 3.63) is 30.3 Å². The Morgan fingerprint density at radius 1 is 1.39 bits per heavy atom. The van der Waals surface area contributed by atoms with E-state index in [0.29, 0.717) is 11.7 Å². The molecule has 6 heteroatoms. The number of rotatable bonds is 2. The molecule has 2 aromatic heterocycles. The van der Waals surface area contributed by atoms with Gasteiger partial charge in [0.15, 0.2) is 5.82 Å². The lowest BCUT2D eigenvalue weighted by Crippen LogP contribution is -2.35. The number of hydrogen-bond donors (Lipinski definition) is 0. The molecule has 0 unspecified atom stereocenters. The van der Waals surface area contributed by atoms with Crippen molar-refractivity contribution in [2.45, 2.75) is 25.7 Å². The summed E-state index contributed by atoms with van der Waals surface area (Å²) in [5, 5.41) is 3.86. The molecule has 1 aliphatic rings. The summed E-state index contributed by atoms with van der Waals surface area (Å²) in [4.78, 5) is 15.0. The van der Waals surface area contributed by atoms with Crippen molar-refractivity contribution in [2.24, 2.45) is 0 Å². The van der Waals surface area contributed by atoms with E-state index in [1.807, 2.05) is 6.92 Å². The van der Waals surface area contributed by atoms with E-state index < -0.39 is 0 Å². The fraction of sp³-hybridized carbons (Fsp3) is 0.500. The quantitative estimate of drug-likeness (QED) is 0.799. The van der Waals surface area contributed by atoms with E-state index in [1.165, 1.54) is 0 Å². The molecule has 1 saturated heterocycles. The molecule has 0 saturated carbocycles. The van der Waals surface area contributed by atoms with Crippen LogP contribution in [0.2, 0.25) is 0 Å². The molecule has 0 N–H and O–H groups in total. The summed E-state index contributed by atoms with van der Waals surface area (Å²) in [7, 11) is 0. The van der Waals surface area contributed by atoms with E-state index >= 15 is 0 Å². The number of aromatic nitrogens is 4. The van der Waals surface area contributed by atoms with Crippen LogP contribution in [0.15, 0.2) is 23.1 Å². The first-order chi connectivity index (χ1) is 8.83. The highest BCUT2D eigenvalue weighted by Gasteiger charge is 2.26. The second-order valence-corrected chi connectivity index (χ2v) is 4.53. The topological polar surface area (TPSA) is 67.9 Å². The van der Waals surface area contributed by atoms with E-state index in [9.17, 15) is 0 Å². The summed E-state index contributed by atoms with van der Waals surface area (Å²) >= 11 is 0. The van der Waals surface area contributed by atoms with E-state index in [-0.39, 0.29) is 0 Å². The lowest BCUT2D eigenvalue weighted by molar-refractivity contribution is 0.331. The number of hydrogen-bond acceptors (Lipinski definition) is 6. The van der Waals surface area contributed by atoms with Crippen molar-refractivity contribution in [2.75, 3.05) is 18.0 Å². The molecular formula is C12H15N5O. The fourth-order valence-electron chi connectivity index (χ4n) is 2.32. The molecule has 18 heavy (non-hydrogen) atoms. The molecule has 0 spiro atoms. The largest absolute Gasteiger partial charge is 0.355 e. The molecule has 2 aromatic rings. The maximum absolute atomic E-state index is 5.26. The van der Waals surface area contributed by atoms with Crippen LogP contribution in [0.3, 0.4) is 0 Å². The Bertz CT molecular complexity index is 512. The Balaban J connectivity index is 1.76. The predicted octanol–water partition coefficient (Wildman–Crippen LogP) is 1.55. The molecule has 0 radical (unpaired) electrons. The van der Waals surface area contributed by atoms with Gasteiger partial charge in [0, 0.05) is 25.5 Å². The summed E-state index contributed by atoms with van der Waals surface area (Å²) in [6.45, 7) is 3.71. The van der Waals surface area contributed by atoms with Gasteiger partial charge in [0.25, 0.3) is 0 Å². The molecule has 3 rings (SSSR count). The average Bonchev–Trinajstić information content (AvgIpc) is 2.87. The zero-order valence-electron chi connectivity index (χ0n) is 10.3. The summed E-state index contributed by atoms with van der Waals surface area (Å²) in [5.74, 6) is 2.64. The van der Waals surface area contributed by atoms with Crippen LogP contribution >= 0.6 is 0 Å². The van der Waals surface area contributed by atoms with Crippen LogP contribution < -0.4 is 4.90 Å². The van der Waals surface area contributed by atoms with Gasteiger partial charge in [-0.3, -0.25) is 4.98 Å². The lowest BCUT2D eigenvalue weighted by Gasteiger charge is -2.31. The van der Waals surface area contributed by atoms with Crippen molar-refractivity contribution in [1.82, 2.24) is 20.1 Å². The van der Waals surface area contributed by atoms with Gasteiger partial charge < -0.3 is 9.42 Å². The van der Waals surface area contributed by atoms with Crippen LogP contribution in [0.5, 0.6) is 0 Å². The Morgan fingerprint density at radius 3 is 3.06 bits per heavy atom. The van der Waals surface area contributed by atoms with Crippen molar-refractivity contribution >= 4 is 5.82 Å². The Kier molecular flexibility index (Phi) is 2.92. The van der Waals surface area contributed by atoms with Gasteiger partial charge in [-0.2, -0.15) is 4.98 Å². The van der Waals surface area contributed by atoms with Gasteiger partial charge in [0.05, 0.1) is 12.1 Å². The molecule has 6 nitrogen and oxygen atoms in total. The normalized spacial score (nSPS) is 20.1. The van der Waals surface area contributed by atoms with Crippen LogP contribution in [-0.4, -0.2) is 33.2 Å². The molecule has 94 valence electrons. The zero-order chi connectivity index (χ0) is 12.4. The smallest absolute Gasteiger partial charge is 0.231 e. The molecule has 0 bridgehead atoms. The number of aryl methyl sites for hydroxylation is 1. The van der Waals surface area contributed by atoms with E-state index in [0.717, 1.165) is 37.6 Å². The van der Waals surface area contributed by atoms with Crippen LogP contribution in [0.4, 0.5) is 5.82 Å². The van der Waals surface area contributed by atoms with Crippen LogP contribution in [-0.2, 0) is 0 Å². The van der Waals surface area contributed by atoms with Crippen LogP contribution in [0, 0.1) is 6.92 Å². The molecule has 1 atom stereocenters. The molecule has 1 fully saturated rings. The Morgan fingerprint density at radius 2 is 2.33 bits per heavy atom. The fourth-order valence-corrected chi connectivity index (χ4v) is 2.32. The second-order valence-electron chi connectivity index (χ2n) is 4.53. The first kappa shape index (κ1) is 11.1. The van der Waals surface area contributed by atoms with Crippen molar-refractivity contribution in [1.29, 1.82) is 0 Å². The molecule has 1 aliphatic heterocycles. The van der Waals surface area contributed by atoms with Gasteiger partial charge in [0.2, 0.25) is 5.89 Å². The molecule has 0 aliphatic carbocycles. The standard InChI is InChI=1S/C12H15N5O/c1-9-15-12(18-16-9)10-3-2-6-17(8-10)11-7-13-4-5-14-11/h4-5,7,10H,2-3,6,8H2,1H3/t10-/m1/s1. The van der Waals surface area contributed by atoms with E-state index in [4.69, 9.17) is 4.52 Å². The van der Waals surface area contributed by atoms with Crippen molar-refractivity contribution in [3.8, 4) is 0 Å². The maximum Gasteiger partial charge on any atom is 0.231 e. The lowest BCUT2D eigenvalue weighted by atomic mass is 9.98. The summed E-state index contributed by atoms with van der Waals surface area (Å²) in [6, 6.07) is 0. The van der Waals surface area contributed by atoms with Crippen LogP contribution in [0.1, 0.15) is 30.5 Å². The van der Waals surface area contributed by atoms with E-state index in [1.54, 1.807) is 18.6 Å². The third-order valence-electron chi connectivity index (χ3n) is 3.19. The minimum Gasteiger partial charge on any atom is -0.355 e. The first-order valence-corrected chi connectivity index (χ1v) is 6.14. The summed E-state index contributed by atoms with van der Waals surface area (Å²) < 4.78 is 5.26. The number of piperidine rings is 1. The highest BCUT2D eigenvalue weighted by Crippen LogP contribution is 2.27. The Labute approximate surface area is 105 Å². The Hall–Kier alpha value is -1.98. The van der Waals surface area contributed by atoms with Gasteiger partial charge in [-0.1, -0.05) is 5.16 Å². The monoisotopic (exact) mass is 245 g/mol. The summed E-state index contributed by atoms with van der Waals surface area (Å²) in [6.07, 6.45) is 7.38. The highest BCUT2D eigenvalue weighted by atomic mass is 16.5. The number of nitrogens with zero attached hydrogens (tertiary/aromatic N) is 5. The SMILES string of the molecule is Cc1noc([C@@H]2CCCN(c3cnccn3)C2)n1. The maximum atomic E-state index is 5.26. The number of anilines is 1.